The second-order valence-electron chi connectivity index (χ2n) is 4.60. The van der Waals surface area contributed by atoms with Crippen LogP contribution in [0.2, 0.25) is 0 Å². The van der Waals surface area contributed by atoms with Crippen molar-refractivity contribution < 1.29 is 9.59 Å². The Kier molecular flexibility index (Phi) is 3.56. The maximum absolute atomic E-state index is 11.6. The van der Waals surface area contributed by atoms with E-state index >= 15 is 0 Å². The number of hydrogen-bond acceptors (Lipinski definition) is 4. The molecule has 0 aliphatic carbocycles. The molecule has 0 spiro atoms. The minimum absolute atomic E-state index is 0.159. The van der Waals surface area contributed by atoms with Gasteiger partial charge in [-0.15, -0.1) is 0 Å². The highest BCUT2D eigenvalue weighted by Gasteiger charge is 2.34. The zero-order valence-corrected chi connectivity index (χ0v) is 9.66. The molecule has 0 aromatic rings. The third kappa shape index (κ3) is 2.41. The maximum Gasteiger partial charge on any atom is 0.243 e. The smallest absolute Gasteiger partial charge is 0.243 e. The lowest BCUT2D eigenvalue weighted by Crippen LogP contribution is -2.59. The van der Waals surface area contributed by atoms with Gasteiger partial charge in [0.25, 0.3) is 0 Å². The first-order valence-corrected chi connectivity index (χ1v) is 5.98. The Balaban J connectivity index is 2.05. The summed E-state index contributed by atoms with van der Waals surface area (Å²) in [6, 6.07) is 0.181. The molecular weight excluding hydrogens is 206 g/mol. The van der Waals surface area contributed by atoms with Crippen molar-refractivity contribution in [1.82, 2.24) is 15.5 Å². The Bertz CT molecular complexity index is 285. The molecule has 2 saturated heterocycles. The molecule has 5 heteroatoms. The highest BCUT2D eigenvalue weighted by molar-refractivity contribution is 6.00. The fourth-order valence-corrected chi connectivity index (χ4v) is 2.51. The Morgan fingerprint density at radius 1 is 1.25 bits per heavy atom. The van der Waals surface area contributed by atoms with Gasteiger partial charge in [0.15, 0.2) is 0 Å². The van der Waals surface area contributed by atoms with Gasteiger partial charge in [-0.25, -0.2) is 0 Å². The molecule has 0 aromatic heterocycles. The van der Waals surface area contributed by atoms with Crippen LogP contribution in [0.1, 0.15) is 26.2 Å². The van der Waals surface area contributed by atoms with E-state index in [-0.39, 0.29) is 17.9 Å². The number of imide groups is 1. The number of rotatable bonds is 1. The molecule has 2 aliphatic rings. The molecule has 2 rings (SSSR count). The number of amides is 2. The number of carbonyl (C=O) groups is 2. The van der Waals surface area contributed by atoms with Gasteiger partial charge in [0.2, 0.25) is 11.8 Å². The fourth-order valence-electron chi connectivity index (χ4n) is 2.51. The van der Waals surface area contributed by atoms with Gasteiger partial charge < -0.3 is 5.32 Å². The van der Waals surface area contributed by atoms with E-state index in [9.17, 15) is 9.59 Å². The first-order chi connectivity index (χ1) is 7.68. The molecular formula is C11H19N3O2. The van der Waals surface area contributed by atoms with Crippen LogP contribution < -0.4 is 10.6 Å². The van der Waals surface area contributed by atoms with Crippen molar-refractivity contribution in [2.24, 2.45) is 0 Å². The van der Waals surface area contributed by atoms with Gasteiger partial charge in [-0.1, -0.05) is 0 Å². The Morgan fingerprint density at radius 3 is 2.88 bits per heavy atom. The molecule has 2 aliphatic heterocycles. The topological polar surface area (TPSA) is 61.4 Å². The van der Waals surface area contributed by atoms with Crippen LogP contribution in [0.3, 0.4) is 0 Å². The Hall–Kier alpha value is -0.940. The lowest BCUT2D eigenvalue weighted by atomic mass is 10.0. The standard InChI is InChI=1S/C11H19N3O2/c1-8-11(16)13-10(15)7-14(8)9-3-2-5-12-6-4-9/h8-9,12H,2-7H2,1H3,(H,13,15,16). The number of carbonyl (C=O) groups excluding carboxylic acids is 2. The molecule has 2 fully saturated rings. The van der Waals surface area contributed by atoms with E-state index in [1.54, 1.807) is 0 Å². The molecule has 2 unspecified atom stereocenters. The van der Waals surface area contributed by atoms with Crippen molar-refractivity contribution >= 4 is 11.8 Å². The van der Waals surface area contributed by atoms with Gasteiger partial charge in [-0.3, -0.25) is 19.8 Å². The molecule has 0 radical (unpaired) electrons. The highest BCUT2D eigenvalue weighted by Crippen LogP contribution is 2.18. The quantitative estimate of drug-likeness (QED) is 0.589. The summed E-state index contributed by atoms with van der Waals surface area (Å²) in [7, 11) is 0. The first-order valence-electron chi connectivity index (χ1n) is 5.98. The molecule has 2 atom stereocenters. The van der Waals surface area contributed by atoms with Crippen molar-refractivity contribution in [1.29, 1.82) is 0 Å². The van der Waals surface area contributed by atoms with Crippen molar-refractivity contribution in [3.05, 3.63) is 0 Å². The van der Waals surface area contributed by atoms with Crippen LogP contribution in [-0.2, 0) is 9.59 Å². The van der Waals surface area contributed by atoms with Gasteiger partial charge in [0.05, 0.1) is 12.6 Å². The summed E-state index contributed by atoms with van der Waals surface area (Å²) in [6.45, 7) is 4.25. The SMILES string of the molecule is CC1C(=O)NC(=O)CN1C1CCCNCC1. The van der Waals surface area contributed by atoms with Gasteiger partial charge in [0.1, 0.15) is 0 Å². The van der Waals surface area contributed by atoms with Crippen molar-refractivity contribution in [3.63, 3.8) is 0 Å². The third-order valence-corrected chi connectivity index (χ3v) is 3.48. The molecule has 2 amide bonds. The third-order valence-electron chi connectivity index (χ3n) is 3.48. The summed E-state index contributed by atoms with van der Waals surface area (Å²) < 4.78 is 0. The van der Waals surface area contributed by atoms with Crippen LogP contribution in [0.25, 0.3) is 0 Å². The number of nitrogens with one attached hydrogen (secondary N) is 2. The van der Waals surface area contributed by atoms with E-state index in [2.05, 4.69) is 10.6 Å². The predicted octanol–water partition coefficient (Wildman–Crippen LogP) is -0.525. The molecule has 2 N–H and O–H groups in total. The number of hydrogen-bond donors (Lipinski definition) is 2. The van der Waals surface area contributed by atoms with Crippen LogP contribution >= 0.6 is 0 Å². The van der Waals surface area contributed by atoms with Crippen molar-refractivity contribution in [2.75, 3.05) is 19.6 Å². The Labute approximate surface area is 95.6 Å². The van der Waals surface area contributed by atoms with E-state index in [1.165, 1.54) is 0 Å². The largest absolute Gasteiger partial charge is 0.317 e. The Morgan fingerprint density at radius 2 is 2.06 bits per heavy atom. The van der Waals surface area contributed by atoms with Crippen LogP contribution in [0.15, 0.2) is 0 Å². The van der Waals surface area contributed by atoms with Gasteiger partial charge in [-0.05, 0) is 39.3 Å². The lowest BCUT2D eigenvalue weighted by Gasteiger charge is -2.37. The van der Waals surface area contributed by atoms with E-state index in [1.807, 2.05) is 11.8 Å². The summed E-state index contributed by atoms with van der Waals surface area (Å²) in [4.78, 5) is 25.0. The average Bonchev–Trinajstić information content (AvgIpc) is 2.51. The van der Waals surface area contributed by atoms with Crippen molar-refractivity contribution in [2.45, 2.75) is 38.3 Å². The zero-order chi connectivity index (χ0) is 11.5. The first kappa shape index (κ1) is 11.5. The van der Waals surface area contributed by atoms with E-state index in [0.717, 1.165) is 32.4 Å². The van der Waals surface area contributed by atoms with E-state index in [4.69, 9.17) is 0 Å². The fraction of sp³-hybridized carbons (Fsp3) is 0.818. The molecule has 0 aromatic carbocycles. The van der Waals surface area contributed by atoms with E-state index in [0.29, 0.717) is 12.6 Å². The van der Waals surface area contributed by atoms with Crippen LogP contribution in [-0.4, -0.2) is 48.4 Å². The summed E-state index contributed by atoms with van der Waals surface area (Å²) in [5.41, 5.74) is 0. The summed E-state index contributed by atoms with van der Waals surface area (Å²) in [5.74, 6) is -0.325. The summed E-state index contributed by atoms with van der Waals surface area (Å²) in [6.07, 6.45) is 3.20. The second-order valence-corrected chi connectivity index (χ2v) is 4.60. The van der Waals surface area contributed by atoms with Crippen molar-refractivity contribution in [3.8, 4) is 0 Å². The maximum atomic E-state index is 11.6. The second kappa shape index (κ2) is 4.93. The van der Waals surface area contributed by atoms with Crippen LogP contribution in [0, 0.1) is 0 Å². The molecule has 0 saturated carbocycles. The average molecular weight is 225 g/mol. The van der Waals surface area contributed by atoms with Crippen LogP contribution in [0.4, 0.5) is 0 Å². The molecule has 90 valence electrons. The molecule has 2 heterocycles. The lowest BCUT2D eigenvalue weighted by molar-refractivity contribution is -0.141. The van der Waals surface area contributed by atoms with Gasteiger partial charge >= 0.3 is 0 Å². The van der Waals surface area contributed by atoms with Gasteiger partial charge in [-0.2, -0.15) is 0 Å². The molecule has 16 heavy (non-hydrogen) atoms. The minimum atomic E-state index is -0.180. The van der Waals surface area contributed by atoms with Crippen LogP contribution in [0.5, 0.6) is 0 Å². The highest BCUT2D eigenvalue weighted by atomic mass is 16.2. The number of piperazine rings is 1. The molecule has 5 nitrogen and oxygen atoms in total. The monoisotopic (exact) mass is 225 g/mol. The minimum Gasteiger partial charge on any atom is -0.317 e. The molecule has 0 bridgehead atoms. The van der Waals surface area contributed by atoms with E-state index < -0.39 is 0 Å². The number of nitrogens with zero attached hydrogens (tertiary/aromatic N) is 1. The summed E-state index contributed by atoms with van der Waals surface area (Å²) >= 11 is 0. The van der Waals surface area contributed by atoms with Gasteiger partial charge in [0, 0.05) is 6.04 Å². The zero-order valence-electron chi connectivity index (χ0n) is 9.66. The predicted molar refractivity (Wildman–Crippen MR) is 59.8 cm³/mol. The normalized spacial score (nSPS) is 33.3. The summed E-state index contributed by atoms with van der Waals surface area (Å²) in [5, 5.41) is 5.72.